The maximum atomic E-state index is 12.1. The number of hydrogen-bond donors (Lipinski definition) is 1. The van der Waals surface area contributed by atoms with Gasteiger partial charge in [0.2, 0.25) is 5.91 Å². The lowest BCUT2D eigenvalue weighted by atomic mass is 10.2. The molecule has 1 aromatic heterocycles. The minimum absolute atomic E-state index is 0.0729. The minimum atomic E-state index is -0.928. The quantitative estimate of drug-likeness (QED) is 0.841. The Morgan fingerprint density at radius 3 is 2.84 bits per heavy atom. The number of rotatable bonds is 4. The molecule has 0 unspecified atom stereocenters. The Morgan fingerprint density at radius 2 is 2.16 bits per heavy atom. The van der Waals surface area contributed by atoms with E-state index in [0.717, 1.165) is 25.0 Å². The summed E-state index contributed by atoms with van der Waals surface area (Å²) < 4.78 is 1.51. The molecule has 7 heteroatoms. The molecule has 1 aromatic rings. The summed E-state index contributed by atoms with van der Waals surface area (Å²) in [6, 6.07) is -0.682. The molecule has 0 radical (unpaired) electrons. The first-order valence-corrected chi connectivity index (χ1v) is 6.57. The standard InChI is InChI=1S/C12H16N4O3/c17-11(16-5-1-2-10(16)12(18)19)7-15-6-9(13-14-15)8-3-4-8/h6,8,10H,1-5,7H2,(H,18,19)/t10-/m0/s1. The predicted molar refractivity (Wildman–Crippen MR) is 64.4 cm³/mol. The van der Waals surface area contributed by atoms with Crippen LogP contribution in [-0.2, 0) is 16.1 Å². The molecular weight excluding hydrogens is 248 g/mol. The first kappa shape index (κ1) is 12.1. The van der Waals surface area contributed by atoms with Crippen molar-refractivity contribution in [2.45, 2.75) is 44.2 Å². The maximum Gasteiger partial charge on any atom is 0.326 e. The van der Waals surface area contributed by atoms with E-state index in [4.69, 9.17) is 5.11 Å². The van der Waals surface area contributed by atoms with E-state index in [1.807, 2.05) is 0 Å². The van der Waals surface area contributed by atoms with Gasteiger partial charge in [-0.3, -0.25) is 4.79 Å². The summed E-state index contributed by atoms with van der Waals surface area (Å²) in [5, 5.41) is 17.0. The Balaban J connectivity index is 1.64. The molecule has 0 aromatic carbocycles. The van der Waals surface area contributed by atoms with Crippen LogP contribution in [-0.4, -0.2) is 49.5 Å². The summed E-state index contributed by atoms with van der Waals surface area (Å²) in [5.41, 5.74) is 0.934. The molecule has 1 atom stereocenters. The van der Waals surface area contributed by atoms with Crippen molar-refractivity contribution in [2.24, 2.45) is 0 Å². The van der Waals surface area contributed by atoms with Gasteiger partial charge in [0.1, 0.15) is 12.6 Å². The number of aliphatic carboxylic acids is 1. The second-order valence-electron chi connectivity index (χ2n) is 5.20. The van der Waals surface area contributed by atoms with Crippen molar-refractivity contribution in [3.8, 4) is 0 Å². The van der Waals surface area contributed by atoms with Crippen molar-refractivity contribution < 1.29 is 14.7 Å². The minimum Gasteiger partial charge on any atom is -0.480 e. The fourth-order valence-corrected chi connectivity index (χ4v) is 2.51. The van der Waals surface area contributed by atoms with Gasteiger partial charge in [0, 0.05) is 18.7 Å². The summed E-state index contributed by atoms with van der Waals surface area (Å²) in [4.78, 5) is 24.6. The van der Waals surface area contributed by atoms with Gasteiger partial charge in [0.25, 0.3) is 0 Å². The molecule has 1 saturated carbocycles. The number of carbonyl (C=O) groups is 2. The van der Waals surface area contributed by atoms with Crippen molar-refractivity contribution in [3.05, 3.63) is 11.9 Å². The zero-order valence-electron chi connectivity index (χ0n) is 10.5. The van der Waals surface area contributed by atoms with Crippen molar-refractivity contribution >= 4 is 11.9 Å². The highest BCUT2D eigenvalue weighted by molar-refractivity contribution is 5.84. The molecule has 2 heterocycles. The normalized spacial score (nSPS) is 22.7. The summed E-state index contributed by atoms with van der Waals surface area (Å²) in [5.74, 6) is -0.623. The molecule has 1 saturated heterocycles. The number of nitrogens with zero attached hydrogens (tertiary/aromatic N) is 4. The van der Waals surface area contributed by atoms with Crippen molar-refractivity contribution in [1.82, 2.24) is 19.9 Å². The molecule has 1 amide bonds. The van der Waals surface area contributed by atoms with Crippen LogP contribution >= 0.6 is 0 Å². The van der Waals surface area contributed by atoms with E-state index < -0.39 is 12.0 Å². The zero-order chi connectivity index (χ0) is 13.4. The van der Waals surface area contributed by atoms with E-state index in [9.17, 15) is 9.59 Å². The summed E-state index contributed by atoms with van der Waals surface area (Å²) in [6.07, 6.45) is 5.35. The third-order valence-electron chi connectivity index (χ3n) is 3.71. The van der Waals surface area contributed by atoms with E-state index >= 15 is 0 Å². The van der Waals surface area contributed by atoms with Crippen LogP contribution in [0.4, 0.5) is 0 Å². The summed E-state index contributed by atoms with van der Waals surface area (Å²) in [7, 11) is 0. The van der Waals surface area contributed by atoms with Crippen molar-refractivity contribution in [1.29, 1.82) is 0 Å². The van der Waals surface area contributed by atoms with E-state index in [0.29, 0.717) is 18.9 Å². The van der Waals surface area contributed by atoms with Crippen LogP contribution in [0.1, 0.15) is 37.3 Å². The third kappa shape index (κ3) is 2.45. The Kier molecular flexibility index (Phi) is 2.96. The van der Waals surface area contributed by atoms with E-state index in [1.54, 1.807) is 6.20 Å². The van der Waals surface area contributed by atoms with Gasteiger partial charge < -0.3 is 10.0 Å². The van der Waals surface area contributed by atoms with Gasteiger partial charge in [-0.05, 0) is 25.7 Å². The van der Waals surface area contributed by atoms with Crippen LogP contribution in [0.15, 0.2) is 6.20 Å². The average Bonchev–Trinajstić information content (AvgIpc) is 2.92. The van der Waals surface area contributed by atoms with Gasteiger partial charge in [-0.1, -0.05) is 5.21 Å². The fraction of sp³-hybridized carbons (Fsp3) is 0.667. The number of carboxylic acids is 1. The topological polar surface area (TPSA) is 88.3 Å². The van der Waals surface area contributed by atoms with Crippen molar-refractivity contribution in [3.63, 3.8) is 0 Å². The lowest BCUT2D eigenvalue weighted by Crippen LogP contribution is -2.42. The monoisotopic (exact) mass is 264 g/mol. The van der Waals surface area contributed by atoms with Gasteiger partial charge in [-0.15, -0.1) is 5.10 Å². The molecule has 7 nitrogen and oxygen atoms in total. The first-order chi connectivity index (χ1) is 9.15. The molecule has 1 aliphatic heterocycles. The number of aromatic nitrogens is 3. The number of hydrogen-bond acceptors (Lipinski definition) is 4. The largest absolute Gasteiger partial charge is 0.480 e. The van der Waals surface area contributed by atoms with E-state index in [2.05, 4.69) is 10.3 Å². The molecule has 2 fully saturated rings. The predicted octanol–water partition coefficient (Wildman–Crippen LogP) is 0.231. The van der Waals surface area contributed by atoms with Crippen LogP contribution in [0.5, 0.6) is 0 Å². The second-order valence-corrected chi connectivity index (χ2v) is 5.20. The molecule has 0 spiro atoms. The first-order valence-electron chi connectivity index (χ1n) is 6.57. The van der Waals surface area contributed by atoms with Gasteiger partial charge in [-0.25, -0.2) is 9.48 Å². The Bertz CT molecular complexity index is 509. The van der Waals surface area contributed by atoms with Crippen LogP contribution < -0.4 is 0 Å². The van der Waals surface area contributed by atoms with E-state index in [-0.39, 0.29) is 12.5 Å². The summed E-state index contributed by atoms with van der Waals surface area (Å²) >= 11 is 0. The van der Waals surface area contributed by atoms with Gasteiger partial charge >= 0.3 is 5.97 Å². The number of carbonyl (C=O) groups excluding carboxylic acids is 1. The molecule has 19 heavy (non-hydrogen) atoms. The molecule has 1 aliphatic carbocycles. The van der Waals surface area contributed by atoms with Gasteiger partial charge in [0.15, 0.2) is 0 Å². The summed E-state index contributed by atoms with van der Waals surface area (Å²) in [6.45, 7) is 0.587. The SMILES string of the molecule is O=C(O)[C@@H]1CCCN1C(=O)Cn1cc(C2CC2)nn1. The van der Waals surface area contributed by atoms with Crippen molar-refractivity contribution in [2.75, 3.05) is 6.54 Å². The smallest absolute Gasteiger partial charge is 0.326 e. The van der Waals surface area contributed by atoms with Crippen LogP contribution in [0.2, 0.25) is 0 Å². The van der Waals surface area contributed by atoms with E-state index in [1.165, 1.54) is 9.58 Å². The van der Waals surface area contributed by atoms with Crippen LogP contribution in [0.25, 0.3) is 0 Å². The molecule has 1 N–H and O–H groups in total. The molecule has 2 aliphatic rings. The molecule has 102 valence electrons. The highest BCUT2D eigenvalue weighted by Crippen LogP contribution is 2.38. The van der Waals surface area contributed by atoms with Crippen LogP contribution in [0.3, 0.4) is 0 Å². The molecule has 0 bridgehead atoms. The maximum absolute atomic E-state index is 12.1. The van der Waals surface area contributed by atoms with Crippen LogP contribution in [0, 0.1) is 0 Å². The molecular formula is C12H16N4O3. The number of amides is 1. The molecule has 3 rings (SSSR count). The highest BCUT2D eigenvalue weighted by atomic mass is 16.4. The highest BCUT2D eigenvalue weighted by Gasteiger charge is 2.34. The average molecular weight is 264 g/mol. The number of carboxylic acid groups (broad SMARTS) is 1. The zero-order valence-corrected chi connectivity index (χ0v) is 10.5. The third-order valence-corrected chi connectivity index (χ3v) is 3.71. The second kappa shape index (κ2) is 4.64. The van der Waals surface area contributed by atoms with Gasteiger partial charge in [-0.2, -0.15) is 0 Å². The lowest BCUT2D eigenvalue weighted by molar-refractivity contribution is -0.148. The lowest BCUT2D eigenvalue weighted by Gasteiger charge is -2.21. The number of likely N-dealkylation sites (tertiary alicyclic amines) is 1. The Hall–Kier alpha value is -1.92. The fourth-order valence-electron chi connectivity index (χ4n) is 2.51. The Morgan fingerprint density at radius 1 is 1.37 bits per heavy atom. The van der Waals surface area contributed by atoms with Gasteiger partial charge in [0.05, 0.1) is 5.69 Å². The Labute approximate surface area is 110 Å².